The van der Waals surface area contributed by atoms with E-state index in [0.29, 0.717) is 17.2 Å². The molecule has 0 spiro atoms. The van der Waals surface area contributed by atoms with E-state index in [4.69, 9.17) is 19.7 Å². The number of carboxylic acid groups (broad SMARTS) is 2. The molecular weight excluding hydrogens is 254 g/mol. The maximum absolute atomic E-state index is 11.0. The van der Waals surface area contributed by atoms with Crippen LogP contribution in [0.4, 0.5) is 5.69 Å². The number of fused-ring (bicyclic) bond motifs is 1. The molecule has 0 bridgehead atoms. The van der Waals surface area contributed by atoms with Gasteiger partial charge in [0.25, 0.3) is 0 Å². The molecule has 2 rings (SSSR count). The first-order valence-corrected chi connectivity index (χ1v) is 5.58. The Labute approximate surface area is 108 Å². The predicted octanol–water partition coefficient (Wildman–Crippen LogP) is 1.06. The van der Waals surface area contributed by atoms with Gasteiger partial charge in [0.05, 0.1) is 6.42 Å². The summed E-state index contributed by atoms with van der Waals surface area (Å²) in [5.74, 6) is -1.31. The van der Waals surface area contributed by atoms with Crippen LogP contribution >= 0.6 is 0 Å². The SMILES string of the molecule is Cc1cc2c(cc1NC(CC(=O)O)C(=O)O)OCO2. The monoisotopic (exact) mass is 267 g/mol. The van der Waals surface area contributed by atoms with Gasteiger partial charge in [-0.15, -0.1) is 0 Å². The zero-order valence-electron chi connectivity index (χ0n) is 10.2. The van der Waals surface area contributed by atoms with Crippen molar-refractivity contribution in [2.24, 2.45) is 0 Å². The van der Waals surface area contributed by atoms with Crippen molar-refractivity contribution in [1.82, 2.24) is 0 Å². The quantitative estimate of drug-likeness (QED) is 0.732. The zero-order chi connectivity index (χ0) is 14.0. The lowest BCUT2D eigenvalue weighted by atomic mass is 10.1. The minimum absolute atomic E-state index is 0.121. The number of ether oxygens (including phenoxy) is 2. The van der Waals surface area contributed by atoms with E-state index < -0.39 is 24.4 Å². The number of hydrogen-bond acceptors (Lipinski definition) is 5. The molecule has 1 unspecified atom stereocenters. The molecule has 102 valence electrons. The third-order valence-corrected chi connectivity index (χ3v) is 2.73. The van der Waals surface area contributed by atoms with Gasteiger partial charge in [-0.05, 0) is 18.6 Å². The van der Waals surface area contributed by atoms with Crippen molar-refractivity contribution in [2.75, 3.05) is 12.1 Å². The number of anilines is 1. The number of carboxylic acids is 2. The average Bonchev–Trinajstić information content (AvgIpc) is 2.74. The summed E-state index contributed by atoms with van der Waals surface area (Å²) in [5, 5.41) is 20.4. The smallest absolute Gasteiger partial charge is 0.326 e. The zero-order valence-corrected chi connectivity index (χ0v) is 10.2. The molecule has 1 aromatic carbocycles. The van der Waals surface area contributed by atoms with Crippen LogP contribution in [-0.4, -0.2) is 35.0 Å². The molecule has 1 aromatic rings. The van der Waals surface area contributed by atoms with Crippen LogP contribution in [0.2, 0.25) is 0 Å². The maximum atomic E-state index is 11.0. The standard InChI is InChI=1S/C12H13NO6/c1-6-2-9-10(19-5-18-9)3-7(6)13-8(12(16)17)4-11(14)15/h2-3,8,13H,4-5H2,1H3,(H,14,15)(H,16,17). The van der Waals surface area contributed by atoms with E-state index >= 15 is 0 Å². The third-order valence-electron chi connectivity index (χ3n) is 2.73. The van der Waals surface area contributed by atoms with E-state index in [1.165, 1.54) is 0 Å². The maximum Gasteiger partial charge on any atom is 0.326 e. The summed E-state index contributed by atoms with van der Waals surface area (Å²) in [4.78, 5) is 21.6. The van der Waals surface area contributed by atoms with Crippen LogP contribution in [0.25, 0.3) is 0 Å². The highest BCUT2D eigenvalue weighted by Gasteiger charge is 2.23. The normalized spacial score (nSPS) is 13.9. The molecule has 1 atom stereocenters. The van der Waals surface area contributed by atoms with Gasteiger partial charge in [-0.1, -0.05) is 0 Å². The van der Waals surface area contributed by atoms with Gasteiger partial charge >= 0.3 is 11.9 Å². The molecule has 0 radical (unpaired) electrons. The van der Waals surface area contributed by atoms with Crippen LogP contribution in [0.5, 0.6) is 11.5 Å². The number of aliphatic carboxylic acids is 2. The van der Waals surface area contributed by atoms with Gasteiger partial charge in [-0.2, -0.15) is 0 Å². The lowest BCUT2D eigenvalue weighted by molar-refractivity contribution is -0.144. The second kappa shape index (κ2) is 5.05. The Kier molecular flexibility index (Phi) is 3.46. The van der Waals surface area contributed by atoms with Crippen LogP contribution in [0.1, 0.15) is 12.0 Å². The van der Waals surface area contributed by atoms with Gasteiger partial charge < -0.3 is 25.0 Å². The van der Waals surface area contributed by atoms with Crippen LogP contribution in [0.3, 0.4) is 0 Å². The Bertz CT molecular complexity index is 527. The topological polar surface area (TPSA) is 105 Å². The van der Waals surface area contributed by atoms with Gasteiger partial charge in [-0.3, -0.25) is 4.79 Å². The Hall–Kier alpha value is -2.44. The largest absolute Gasteiger partial charge is 0.481 e. The van der Waals surface area contributed by atoms with Crippen molar-refractivity contribution in [3.8, 4) is 11.5 Å². The molecule has 1 aliphatic rings. The predicted molar refractivity (Wildman–Crippen MR) is 64.6 cm³/mol. The fourth-order valence-corrected chi connectivity index (χ4v) is 1.76. The summed E-state index contributed by atoms with van der Waals surface area (Å²) in [6, 6.07) is 2.12. The van der Waals surface area contributed by atoms with E-state index in [2.05, 4.69) is 5.32 Å². The highest BCUT2D eigenvalue weighted by Crippen LogP contribution is 2.36. The number of carbonyl (C=O) groups is 2. The number of hydrogen-bond donors (Lipinski definition) is 3. The summed E-state index contributed by atoms with van der Waals surface area (Å²) < 4.78 is 10.4. The number of aryl methyl sites for hydroxylation is 1. The molecular formula is C12H13NO6. The Morgan fingerprint density at radius 3 is 2.53 bits per heavy atom. The molecule has 0 saturated carbocycles. The minimum Gasteiger partial charge on any atom is -0.481 e. The van der Waals surface area contributed by atoms with E-state index in [1.807, 2.05) is 0 Å². The summed E-state index contributed by atoms with van der Waals surface area (Å²) >= 11 is 0. The van der Waals surface area contributed by atoms with E-state index in [1.54, 1.807) is 19.1 Å². The van der Waals surface area contributed by atoms with Gasteiger partial charge in [-0.25, -0.2) is 4.79 Å². The second-order valence-electron chi connectivity index (χ2n) is 4.15. The summed E-state index contributed by atoms with van der Waals surface area (Å²) in [6.45, 7) is 1.89. The highest BCUT2D eigenvalue weighted by atomic mass is 16.7. The lowest BCUT2D eigenvalue weighted by Crippen LogP contribution is -2.32. The molecule has 1 heterocycles. The fraction of sp³-hybridized carbons (Fsp3) is 0.333. The first-order chi connectivity index (χ1) is 8.97. The van der Waals surface area contributed by atoms with Crippen molar-refractivity contribution in [2.45, 2.75) is 19.4 Å². The molecule has 0 aromatic heterocycles. The van der Waals surface area contributed by atoms with Crippen LogP contribution in [0, 0.1) is 6.92 Å². The van der Waals surface area contributed by atoms with Crippen LogP contribution in [-0.2, 0) is 9.59 Å². The third kappa shape index (κ3) is 2.87. The lowest BCUT2D eigenvalue weighted by Gasteiger charge is -2.16. The first kappa shape index (κ1) is 13.0. The molecule has 0 saturated heterocycles. The number of nitrogens with one attached hydrogen (secondary N) is 1. The average molecular weight is 267 g/mol. The van der Waals surface area contributed by atoms with Gasteiger partial charge in [0, 0.05) is 11.8 Å². The van der Waals surface area contributed by atoms with Crippen molar-refractivity contribution in [3.05, 3.63) is 17.7 Å². The van der Waals surface area contributed by atoms with Gasteiger partial charge in [0.1, 0.15) is 6.04 Å². The highest BCUT2D eigenvalue weighted by molar-refractivity contribution is 5.84. The summed E-state index contributed by atoms with van der Waals surface area (Å²) in [5.41, 5.74) is 1.26. The van der Waals surface area contributed by atoms with Crippen molar-refractivity contribution in [1.29, 1.82) is 0 Å². The van der Waals surface area contributed by atoms with E-state index in [0.717, 1.165) is 5.56 Å². The molecule has 3 N–H and O–H groups in total. The van der Waals surface area contributed by atoms with Crippen molar-refractivity contribution < 1.29 is 29.3 Å². The van der Waals surface area contributed by atoms with Crippen LogP contribution in [0.15, 0.2) is 12.1 Å². The number of benzene rings is 1. The van der Waals surface area contributed by atoms with Crippen molar-refractivity contribution in [3.63, 3.8) is 0 Å². The Balaban J connectivity index is 2.21. The number of rotatable bonds is 5. The van der Waals surface area contributed by atoms with Gasteiger partial charge in [0.15, 0.2) is 11.5 Å². The molecule has 7 heteroatoms. The molecule has 1 aliphatic heterocycles. The summed E-state index contributed by atoms with van der Waals surface area (Å²) in [6.07, 6.45) is -0.511. The van der Waals surface area contributed by atoms with Crippen LogP contribution < -0.4 is 14.8 Å². The first-order valence-electron chi connectivity index (χ1n) is 5.58. The Morgan fingerprint density at radius 2 is 1.95 bits per heavy atom. The summed E-state index contributed by atoms with van der Waals surface area (Å²) in [7, 11) is 0. The van der Waals surface area contributed by atoms with Crippen molar-refractivity contribution >= 4 is 17.6 Å². The Morgan fingerprint density at radius 1 is 1.32 bits per heavy atom. The fourth-order valence-electron chi connectivity index (χ4n) is 1.76. The second-order valence-corrected chi connectivity index (χ2v) is 4.15. The molecule has 7 nitrogen and oxygen atoms in total. The molecule has 0 fully saturated rings. The minimum atomic E-state index is -1.22. The van der Waals surface area contributed by atoms with Gasteiger partial charge in [0.2, 0.25) is 6.79 Å². The molecule has 0 amide bonds. The van der Waals surface area contributed by atoms with E-state index in [9.17, 15) is 9.59 Å². The van der Waals surface area contributed by atoms with E-state index in [-0.39, 0.29) is 6.79 Å². The molecule has 0 aliphatic carbocycles. The molecule has 19 heavy (non-hydrogen) atoms.